The van der Waals surface area contributed by atoms with Crippen molar-refractivity contribution in [2.75, 3.05) is 27.2 Å². The van der Waals surface area contributed by atoms with Gasteiger partial charge in [-0.3, -0.25) is 9.69 Å². The summed E-state index contributed by atoms with van der Waals surface area (Å²) in [5, 5.41) is 9.55. The van der Waals surface area contributed by atoms with Gasteiger partial charge in [0.2, 0.25) is 5.91 Å². The number of hydrogen-bond acceptors (Lipinski definition) is 4. The number of methoxy groups -OCH3 is 1. The molecule has 0 spiro atoms. The molecule has 1 fully saturated rings. The number of rotatable bonds is 5. The minimum atomic E-state index is -0.427. The van der Waals surface area contributed by atoms with Crippen LogP contribution < -0.4 is 4.74 Å². The maximum absolute atomic E-state index is 13.7. The first-order valence-corrected chi connectivity index (χ1v) is 7.92. The number of piperidine rings is 1. The van der Waals surface area contributed by atoms with E-state index in [0.29, 0.717) is 19.4 Å². The van der Waals surface area contributed by atoms with Crippen molar-refractivity contribution < 1.29 is 19.0 Å². The zero-order valence-electron chi connectivity index (χ0n) is 14.0. The summed E-state index contributed by atoms with van der Waals surface area (Å²) in [7, 11) is 3.14. The highest BCUT2D eigenvalue weighted by Gasteiger charge is 2.27. The maximum atomic E-state index is 13.7. The second-order valence-electron chi connectivity index (χ2n) is 6.11. The Morgan fingerprint density at radius 2 is 2.13 bits per heavy atom. The van der Waals surface area contributed by atoms with Crippen molar-refractivity contribution in [2.24, 2.45) is 0 Å². The first kappa shape index (κ1) is 17.7. The molecule has 1 aliphatic heterocycles. The number of ether oxygens (including phenoxy) is 1. The zero-order valence-corrected chi connectivity index (χ0v) is 14.0. The Balaban J connectivity index is 1.95. The molecule has 0 saturated carbocycles. The summed E-state index contributed by atoms with van der Waals surface area (Å²) in [4.78, 5) is 16.2. The van der Waals surface area contributed by atoms with Gasteiger partial charge in [-0.1, -0.05) is 6.07 Å². The molecule has 6 heteroatoms. The van der Waals surface area contributed by atoms with E-state index in [2.05, 4.69) is 4.90 Å². The van der Waals surface area contributed by atoms with E-state index in [1.54, 1.807) is 24.1 Å². The first-order chi connectivity index (χ1) is 10.9. The summed E-state index contributed by atoms with van der Waals surface area (Å²) in [6.45, 7) is 3.67. The zero-order chi connectivity index (χ0) is 17.0. The molecule has 5 nitrogen and oxygen atoms in total. The normalized spacial score (nSPS) is 17.8. The van der Waals surface area contributed by atoms with Gasteiger partial charge in [-0.2, -0.15) is 0 Å². The number of aliphatic hydroxyl groups is 1. The van der Waals surface area contributed by atoms with Crippen LogP contribution in [0.3, 0.4) is 0 Å². The largest absolute Gasteiger partial charge is 0.494 e. The van der Waals surface area contributed by atoms with Crippen LogP contribution in [0.1, 0.15) is 25.3 Å². The Morgan fingerprint density at radius 3 is 2.70 bits per heavy atom. The molecule has 1 aliphatic rings. The Bertz CT molecular complexity index is 545. The van der Waals surface area contributed by atoms with Gasteiger partial charge in [0, 0.05) is 26.7 Å². The maximum Gasteiger partial charge on any atom is 0.239 e. The van der Waals surface area contributed by atoms with E-state index in [-0.39, 0.29) is 23.8 Å². The van der Waals surface area contributed by atoms with Crippen LogP contribution in [0.15, 0.2) is 18.2 Å². The van der Waals surface area contributed by atoms with E-state index in [1.165, 1.54) is 13.2 Å². The summed E-state index contributed by atoms with van der Waals surface area (Å²) in [6, 6.07) is 4.48. The van der Waals surface area contributed by atoms with Crippen LogP contribution in [-0.4, -0.2) is 60.2 Å². The molecule has 23 heavy (non-hydrogen) atoms. The number of carbonyl (C=O) groups is 1. The van der Waals surface area contributed by atoms with E-state index in [9.17, 15) is 14.3 Å². The molecule has 1 heterocycles. The van der Waals surface area contributed by atoms with E-state index in [1.807, 2.05) is 6.92 Å². The highest BCUT2D eigenvalue weighted by atomic mass is 19.1. The number of aliphatic hydroxyl groups excluding tert-OH is 1. The summed E-state index contributed by atoms with van der Waals surface area (Å²) < 4.78 is 18.6. The minimum absolute atomic E-state index is 0.00221. The third kappa shape index (κ3) is 4.42. The molecule has 1 saturated heterocycles. The molecule has 1 aromatic rings. The van der Waals surface area contributed by atoms with Gasteiger partial charge >= 0.3 is 0 Å². The number of amides is 1. The van der Waals surface area contributed by atoms with Crippen LogP contribution in [0.2, 0.25) is 0 Å². The van der Waals surface area contributed by atoms with Crippen LogP contribution in [0.4, 0.5) is 4.39 Å². The number of likely N-dealkylation sites (tertiary alicyclic amines) is 1. The lowest BCUT2D eigenvalue weighted by molar-refractivity contribution is -0.136. The molecule has 1 aromatic carbocycles. The average molecular weight is 324 g/mol. The lowest BCUT2D eigenvalue weighted by Crippen LogP contribution is -2.49. The first-order valence-electron chi connectivity index (χ1n) is 7.92. The Labute approximate surface area is 136 Å². The van der Waals surface area contributed by atoms with Crippen LogP contribution in [0, 0.1) is 5.82 Å². The summed E-state index contributed by atoms with van der Waals surface area (Å²) >= 11 is 0. The highest BCUT2D eigenvalue weighted by Crippen LogP contribution is 2.19. The molecule has 2 rings (SSSR count). The van der Waals surface area contributed by atoms with E-state index in [4.69, 9.17) is 4.74 Å². The highest BCUT2D eigenvalue weighted by molar-refractivity contribution is 5.81. The van der Waals surface area contributed by atoms with E-state index < -0.39 is 5.82 Å². The predicted molar refractivity (Wildman–Crippen MR) is 85.7 cm³/mol. The van der Waals surface area contributed by atoms with Gasteiger partial charge in [0.1, 0.15) is 0 Å². The molecule has 1 unspecified atom stereocenters. The molecule has 0 radical (unpaired) electrons. The quantitative estimate of drug-likeness (QED) is 0.895. The number of halogens is 1. The molecule has 0 aromatic heterocycles. The van der Waals surface area contributed by atoms with Gasteiger partial charge in [0.25, 0.3) is 0 Å². The van der Waals surface area contributed by atoms with Gasteiger partial charge < -0.3 is 14.7 Å². The van der Waals surface area contributed by atoms with E-state index >= 15 is 0 Å². The summed E-state index contributed by atoms with van der Waals surface area (Å²) in [5.74, 6) is -0.232. The summed E-state index contributed by atoms with van der Waals surface area (Å²) in [5.41, 5.74) is 0.723. The SMILES string of the molecule is COc1ccc(CN(C)C(=O)C(C)N2CCC(O)CC2)cc1F. The number of benzene rings is 1. The van der Waals surface area contributed by atoms with Crippen molar-refractivity contribution in [3.8, 4) is 5.75 Å². The molecule has 1 atom stereocenters. The van der Waals surface area contributed by atoms with Crippen molar-refractivity contribution >= 4 is 5.91 Å². The Morgan fingerprint density at radius 1 is 1.48 bits per heavy atom. The van der Waals surface area contributed by atoms with Gasteiger partial charge in [-0.25, -0.2) is 4.39 Å². The third-order valence-corrected chi connectivity index (χ3v) is 4.42. The Hall–Kier alpha value is -1.66. The Kier molecular flexibility index (Phi) is 5.96. The molecule has 128 valence electrons. The van der Waals surface area contributed by atoms with Crippen molar-refractivity contribution in [1.29, 1.82) is 0 Å². The smallest absolute Gasteiger partial charge is 0.239 e. The minimum Gasteiger partial charge on any atom is -0.494 e. The fraction of sp³-hybridized carbons (Fsp3) is 0.588. The van der Waals surface area contributed by atoms with Crippen molar-refractivity contribution in [1.82, 2.24) is 9.80 Å². The fourth-order valence-corrected chi connectivity index (χ4v) is 2.91. The molecular formula is C17H25FN2O3. The predicted octanol–water partition coefficient (Wildman–Crippen LogP) is 1.64. The molecule has 0 aliphatic carbocycles. The van der Waals surface area contributed by atoms with Crippen molar-refractivity contribution in [3.63, 3.8) is 0 Å². The van der Waals surface area contributed by atoms with Crippen LogP contribution >= 0.6 is 0 Å². The number of hydrogen-bond donors (Lipinski definition) is 1. The van der Waals surface area contributed by atoms with Gasteiger partial charge in [-0.05, 0) is 37.5 Å². The second-order valence-corrected chi connectivity index (χ2v) is 6.11. The van der Waals surface area contributed by atoms with Crippen molar-refractivity contribution in [2.45, 2.75) is 38.5 Å². The monoisotopic (exact) mass is 324 g/mol. The third-order valence-electron chi connectivity index (χ3n) is 4.42. The van der Waals surface area contributed by atoms with E-state index in [0.717, 1.165) is 18.7 Å². The topological polar surface area (TPSA) is 53.0 Å². The van der Waals surface area contributed by atoms with Gasteiger partial charge in [0.15, 0.2) is 11.6 Å². The van der Waals surface area contributed by atoms with Crippen LogP contribution in [-0.2, 0) is 11.3 Å². The number of carbonyl (C=O) groups excluding carboxylic acids is 1. The lowest BCUT2D eigenvalue weighted by atomic mass is 10.1. The molecular weight excluding hydrogens is 299 g/mol. The van der Waals surface area contributed by atoms with Crippen LogP contribution in [0.5, 0.6) is 5.75 Å². The van der Waals surface area contributed by atoms with Crippen molar-refractivity contribution in [3.05, 3.63) is 29.6 Å². The number of nitrogens with zero attached hydrogens (tertiary/aromatic N) is 2. The van der Waals surface area contributed by atoms with Gasteiger partial charge in [0.05, 0.1) is 19.3 Å². The number of likely N-dealkylation sites (N-methyl/N-ethyl adjacent to an activating group) is 1. The summed E-state index contributed by atoms with van der Waals surface area (Å²) in [6.07, 6.45) is 1.14. The van der Waals surface area contributed by atoms with Crippen LogP contribution in [0.25, 0.3) is 0 Å². The average Bonchev–Trinajstić information content (AvgIpc) is 2.54. The standard InChI is InChI=1S/C17H25FN2O3/c1-12(20-8-6-14(21)7-9-20)17(22)19(2)11-13-4-5-16(23-3)15(18)10-13/h4-5,10,12,14,21H,6-9,11H2,1-3H3. The fourth-order valence-electron chi connectivity index (χ4n) is 2.91. The second kappa shape index (κ2) is 7.75. The molecule has 1 N–H and O–H groups in total. The molecule has 1 amide bonds. The van der Waals surface area contributed by atoms with Gasteiger partial charge in [-0.15, -0.1) is 0 Å². The lowest BCUT2D eigenvalue weighted by Gasteiger charge is -2.35. The molecule has 0 bridgehead atoms.